The summed E-state index contributed by atoms with van der Waals surface area (Å²) in [7, 11) is 1.60. The van der Waals surface area contributed by atoms with E-state index in [0.717, 1.165) is 29.0 Å². The van der Waals surface area contributed by atoms with Crippen molar-refractivity contribution in [2.75, 3.05) is 31.6 Å². The fourth-order valence-corrected chi connectivity index (χ4v) is 4.10. The van der Waals surface area contributed by atoms with Crippen molar-refractivity contribution in [1.82, 2.24) is 20.0 Å². The van der Waals surface area contributed by atoms with E-state index in [2.05, 4.69) is 15.4 Å². The highest BCUT2D eigenvalue weighted by Crippen LogP contribution is 2.32. The molecule has 0 saturated heterocycles. The SMILES string of the molecule is COc1cccc(CNC(=O)CN2C(=O)N3CCCN=C3c3cnn(-c4ccccc4)c32)c1. The number of benzene rings is 2. The minimum Gasteiger partial charge on any atom is -0.497 e. The van der Waals surface area contributed by atoms with Gasteiger partial charge in [-0.2, -0.15) is 5.10 Å². The summed E-state index contributed by atoms with van der Waals surface area (Å²) in [5.41, 5.74) is 2.46. The molecule has 9 nitrogen and oxygen atoms in total. The lowest BCUT2D eigenvalue weighted by atomic mass is 10.1. The van der Waals surface area contributed by atoms with Gasteiger partial charge in [0.1, 0.15) is 18.1 Å². The van der Waals surface area contributed by atoms with Crippen LogP contribution in [0.5, 0.6) is 5.75 Å². The molecule has 0 radical (unpaired) electrons. The number of aliphatic imine (C=N–C) groups is 1. The van der Waals surface area contributed by atoms with Gasteiger partial charge in [-0.3, -0.25) is 19.6 Å². The summed E-state index contributed by atoms with van der Waals surface area (Å²) in [6.07, 6.45) is 2.50. The van der Waals surface area contributed by atoms with Gasteiger partial charge in [0.25, 0.3) is 0 Å². The molecule has 0 atom stereocenters. The molecule has 0 spiro atoms. The first-order valence-corrected chi connectivity index (χ1v) is 10.8. The maximum atomic E-state index is 13.4. The fourth-order valence-electron chi connectivity index (χ4n) is 4.10. The number of urea groups is 1. The molecule has 2 aliphatic rings. The van der Waals surface area contributed by atoms with E-state index < -0.39 is 0 Å². The Balaban J connectivity index is 1.44. The number of rotatable bonds is 6. The third kappa shape index (κ3) is 3.93. The normalized spacial score (nSPS) is 14.9. The highest BCUT2D eigenvalue weighted by molar-refractivity contribution is 6.19. The standard InChI is InChI=1S/C24H24N6O3/c1-33-19-10-5-7-17(13-19)14-26-21(31)16-29-23-20(22-25-11-6-12-28(22)24(29)32)15-27-30(23)18-8-3-2-4-9-18/h2-5,7-10,13,15H,6,11-12,14,16H2,1H3,(H,26,31). The number of amidine groups is 1. The van der Waals surface area contributed by atoms with Gasteiger partial charge in [0.05, 0.1) is 24.6 Å². The summed E-state index contributed by atoms with van der Waals surface area (Å²) in [6.45, 7) is 1.43. The zero-order chi connectivity index (χ0) is 22.8. The molecule has 33 heavy (non-hydrogen) atoms. The maximum Gasteiger partial charge on any atom is 0.331 e. The number of carbonyl (C=O) groups is 2. The Morgan fingerprint density at radius 2 is 2.00 bits per heavy atom. The lowest BCUT2D eigenvalue weighted by Crippen LogP contribution is -2.55. The van der Waals surface area contributed by atoms with E-state index in [9.17, 15) is 9.59 Å². The van der Waals surface area contributed by atoms with Crippen molar-refractivity contribution in [3.63, 3.8) is 0 Å². The summed E-state index contributed by atoms with van der Waals surface area (Å²) in [5, 5.41) is 7.44. The van der Waals surface area contributed by atoms with E-state index in [0.29, 0.717) is 31.3 Å². The maximum absolute atomic E-state index is 13.4. The second-order valence-electron chi connectivity index (χ2n) is 7.84. The van der Waals surface area contributed by atoms with E-state index in [-0.39, 0.29) is 18.5 Å². The van der Waals surface area contributed by atoms with Gasteiger partial charge in [0.2, 0.25) is 5.91 Å². The Hall–Kier alpha value is -4.14. The predicted octanol–water partition coefficient (Wildman–Crippen LogP) is 2.59. The van der Waals surface area contributed by atoms with E-state index in [1.165, 1.54) is 4.90 Å². The molecule has 0 saturated carbocycles. The molecule has 3 aromatic rings. The number of carbonyl (C=O) groups excluding carboxylic acids is 2. The van der Waals surface area contributed by atoms with E-state index in [1.807, 2.05) is 54.6 Å². The predicted molar refractivity (Wildman–Crippen MR) is 124 cm³/mol. The Bertz CT molecular complexity index is 1220. The minimum atomic E-state index is -0.268. The van der Waals surface area contributed by atoms with Crippen LogP contribution in [0.15, 0.2) is 65.8 Å². The van der Waals surface area contributed by atoms with Gasteiger partial charge in [0.15, 0.2) is 5.82 Å². The number of anilines is 1. The summed E-state index contributed by atoms with van der Waals surface area (Å²) in [6, 6.07) is 16.8. The summed E-state index contributed by atoms with van der Waals surface area (Å²) in [5.74, 6) is 1.63. The monoisotopic (exact) mass is 444 g/mol. The number of nitrogens with one attached hydrogen (secondary N) is 1. The van der Waals surface area contributed by atoms with E-state index in [1.54, 1.807) is 22.9 Å². The highest BCUT2D eigenvalue weighted by atomic mass is 16.5. The molecular formula is C24H24N6O3. The molecule has 9 heteroatoms. The number of aromatic nitrogens is 2. The van der Waals surface area contributed by atoms with E-state index >= 15 is 0 Å². The van der Waals surface area contributed by atoms with Crippen molar-refractivity contribution < 1.29 is 14.3 Å². The average molecular weight is 444 g/mol. The van der Waals surface area contributed by atoms with Crippen LogP contribution in [-0.4, -0.2) is 59.2 Å². The van der Waals surface area contributed by atoms with Crippen LogP contribution in [0.25, 0.3) is 5.69 Å². The van der Waals surface area contributed by atoms with Crippen molar-refractivity contribution in [2.24, 2.45) is 4.99 Å². The van der Waals surface area contributed by atoms with Gasteiger partial charge in [0, 0.05) is 19.6 Å². The molecule has 0 aliphatic carbocycles. The number of fused-ring (bicyclic) bond motifs is 3. The second kappa shape index (κ2) is 8.78. The van der Waals surface area contributed by atoms with Crippen LogP contribution in [0.3, 0.4) is 0 Å². The summed E-state index contributed by atoms with van der Waals surface area (Å²) >= 11 is 0. The van der Waals surface area contributed by atoms with Crippen molar-refractivity contribution in [2.45, 2.75) is 13.0 Å². The minimum absolute atomic E-state index is 0.127. The number of hydrogen-bond donors (Lipinski definition) is 1. The van der Waals surface area contributed by atoms with Crippen molar-refractivity contribution in [1.29, 1.82) is 0 Å². The number of methoxy groups -OCH3 is 1. The number of ether oxygens (including phenoxy) is 1. The van der Waals surface area contributed by atoms with Crippen LogP contribution >= 0.6 is 0 Å². The summed E-state index contributed by atoms with van der Waals surface area (Å²) < 4.78 is 6.93. The van der Waals surface area contributed by atoms with Crippen LogP contribution in [0, 0.1) is 0 Å². The highest BCUT2D eigenvalue weighted by Gasteiger charge is 2.40. The first-order valence-electron chi connectivity index (χ1n) is 10.8. The molecular weight excluding hydrogens is 420 g/mol. The van der Waals surface area contributed by atoms with Crippen LogP contribution in [0.4, 0.5) is 10.6 Å². The average Bonchev–Trinajstić information content (AvgIpc) is 3.31. The molecule has 168 valence electrons. The number of nitrogens with zero attached hydrogens (tertiary/aromatic N) is 5. The lowest BCUT2D eigenvalue weighted by molar-refractivity contribution is -0.119. The van der Waals surface area contributed by atoms with Gasteiger partial charge in [-0.15, -0.1) is 0 Å². The van der Waals surface area contributed by atoms with Crippen LogP contribution in [0.2, 0.25) is 0 Å². The topological polar surface area (TPSA) is 92.1 Å². The third-order valence-electron chi connectivity index (χ3n) is 5.69. The number of para-hydroxylation sites is 1. The molecule has 1 aromatic heterocycles. The number of hydrogen-bond acceptors (Lipinski definition) is 5. The quantitative estimate of drug-likeness (QED) is 0.633. The summed E-state index contributed by atoms with van der Waals surface area (Å²) in [4.78, 5) is 34.0. The molecule has 3 amide bonds. The largest absolute Gasteiger partial charge is 0.497 e. The first-order chi connectivity index (χ1) is 16.2. The molecule has 0 fully saturated rings. The van der Waals surface area contributed by atoms with Gasteiger partial charge in [-0.1, -0.05) is 30.3 Å². The molecule has 3 heterocycles. The van der Waals surface area contributed by atoms with Crippen LogP contribution in [0.1, 0.15) is 17.5 Å². The van der Waals surface area contributed by atoms with Gasteiger partial charge in [-0.05, 0) is 36.2 Å². The van der Waals surface area contributed by atoms with E-state index in [4.69, 9.17) is 4.74 Å². The zero-order valence-corrected chi connectivity index (χ0v) is 18.3. The third-order valence-corrected chi connectivity index (χ3v) is 5.69. The Morgan fingerprint density at radius 1 is 1.15 bits per heavy atom. The Morgan fingerprint density at radius 3 is 2.82 bits per heavy atom. The smallest absolute Gasteiger partial charge is 0.331 e. The van der Waals surface area contributed by atoms with Crippen molar-refractivity contribution in [3.8, 4) is 11.4 Å². The lowest BCUT2D eigenvalue weighted by Gasteiger charge is -2.37. The second-order valence-corrected chi connectivity index (χ2v) is 7.84. The first kappa shape index (κ1) is 20.7. The van der Waals surface area contributed by atoms with Gasteiger partial charge >= 0.3 is 6.03 Å². The van der Waals surface area contributed by atoms with Crippen molar-refractivity contribution in [3.05, 3.63) is 71.9 Å². The molecule has 2 aromatic carbocycles. The molecule has 0 unspecified atom stereocenters. The Labute approximate surface area is 191 Å². The van der Waals surface area contributed by atoms with Gasteiger partial charge in [-0.25, -0.2) is 9.48 Å². The molecule has 1 N–H and O–H groups in total. The van der Waals surface area contributed by atoms with Gasteiger partial charge < -0.3 is 10.1 Å². The molecule has 5 rings (SSSR count). The zero-order valence-electron chi connectivity index (χ0n) is 18.3. The molecule has 0 bridgehead atoms. The van der Waals surface area contributed by atoms with Crippen molar-refractivity contribution >= 4 is 23.6 Å². The Kier molecular flexibility index (Phi) is 5.52. The van der Waals surface area contributed by atoms with Crippen LogP contribution in [-0.2, 0) is 11.3 Å². The number of amides is 3. The molecule has 2 aliphatic heterocycles. The van der Waals surface area contributed by atoms with Crippen LogP contribution < -0.4 is 15.0 Å². The fraction of sp³-hybridized carbons (Fsp3) is 0.250.